The number of anilines is 1. The van der Waals surface area contributed by atoms with Gasteiger partial charge >= 0.3 is 0 Å². The second-order valence-corrected chi connectivity index (χ2v) is 8.48. The first-order valence-electron chi connectivity index (χ1n) is 6.49. The third-order valence-corrected chi connectivity index (χ3v) is 6.87. The molecule has 0 aliphatic heterocycles. The summed E-state index contributed by atoms with van der Waals surface area (Å²) in [5.74, 6) is 0.814. The minimum atomic E-state index is -3.61. The summed E-state index contributed by atoms with van der Waals surface area (Å²) in [4.78, 5) is 5.77. The van der Waals surface area contributed by atoms with Gasteiger partial charge in [-0.25, -0.2) is 8.42 Å². The maximum Gasteiger partial charge on any atom is 0.271 e. The average molecular weight is 355 g/mol. The number of rotatable bonds is 5. The summed E-state index contributed by atoms with van der Waals surface area (Å²) >= 11 is 2.61. The van der Waals surface area contributed by atoms with E-state index < -0.39 is 10.0 Å². The minimum Gasteiger partial charge on any atom is -0.333 e. The van der Waals surface area contributed by atoms with Crippen LogP contribution < -0.4 is 4.72 Å². The predicted molar refractivity (Wildman–Crippen MR) is 86.9 cm³/mol. The summed E-state index contributed by atoms with van der Waals surface area (Å²) in [5, 5.41) is 5.50. The van der Waals surface area contributed by atoms with Crippen LogP contribution in [0.2, 0.25) is 0 Å². The van der Waals surface area contributed by atoms with Gasteiger partial charge in [-0.3, -0.25) is 4.72 Å². The van der Waals surface area contributed by atoms with Crippen molar-refractivity contribution < 1.29 is 12.9 Å². The van der Waals surface area contributed by atoms with E-state index in [1.165, 1.54) is 22.7 Å². The normalized spacial score (nSPS) is 11.7. The molecular formula is C13H13N3O3S3. The Hall–Kier alpha value is -1.71. The van der Waals surface area contributed by atoms with Gasteiger partial charge < -0.3 is 4.52 Å². The summed E-state index contributed by atoms with van der Waals surface area (Å²) in [5.41, 5.74) is 0.445. The SMILES string of the molecule is CCc1ccc(S(=O)(=O)Nc2ccsc2-c2nc(C)no2)s1. The molecule has 6 nitrogen and oxygen atoms in total. The first-order valence-corrected chi connectivity index (χ1v) is 9.67. The monoisotopic (exact) mass is 355 g/mol. The molecule has 22 heavy (non-hydrogen) atoms. The van der Waals surface area contributed by atoms with E-state index in [1.807, 2.05) is 13.0 Å². The van der Waals surface area contributed by atoms with E-state index in [0.717, 1.165) is 11.3 Å². The number of aromatic nitrogens is 2. The van der Waals surface area contributed by atoms with Crippen molar-refractivity contribution in [1.82, 2.24) is 10.1 Å². The van der Waals surface area contributed by atoms with Crippen molar-refractivity contribution in [3.05, 3.63) is 34.3 Å². The summed E-state index contributed by atoms with van der Waals surface area (Å²) in [6.07, 6.45) is 0.811. The van der Waals surface area contributed by atoms with E-state index in [0.29, 0.717) is 26.5 Å². The number of nitrogens with one attached hydrogen (secondary N) is 1. The lowest BCUT2D eigenvalue weighted by atomic mass is 10.4. The topological polar surface area (TPSA) is 85.1 Å². The number of hydrogen-bond acceptors (Lipinski definition) is 7. The van der Waals surface area contributed by atoms with Crippen LogP contribution in [0.15, 0.2) is 32.3 Å². The van der Waals surface area contributed by atoms with Crippen molar-refractivity contribution >= 4 is 38.4 Å². The lowest BCUT2D eigenvalue weighted by molar-refractivity contribution is 0.426. The van der Waals surface area contributed by atoms with Crippen molar-refractivity contribution in [2.24, 2.45) is 0 Å². The van der Waals surface area contributed by atoms with Gasteiger partial charge in [-0.2, -0.15) is 4.98 Å². The van der Waals surface area contributed by atoms with E-state index >= 15 is 0 Å². The fourth-order valence-electron chi connectivity index (χ4n) is 1.83. The molecule has 0 fully saturated rings. The van der Waals surface area contributed by atoms with Crippen LogP contribution >= 0.6 is 22.7 Å². The maximum absolute atomic E-state index is 12.5. The highest BCUT2D eigenvalue weighted by Gasteiger charge is 2.21. The van der Waals surface area contributed by atoms with Gasteiger partial charge in [0.05, 0.1) is 5.69 Å². The molecule has 0 saturated carbocycles. The predicted octanol–water partition coefficient (Wildman–Crippen LogP) is 3.53. The molecule has 1 N–H and O–H groups in total. The highest BCUT2D eigenvalue weighted by molar-refractivity contribution is 7.94. The summed E-state index contributed by atoms with van der Waals surface area (Å²) < 4.78 is 32.9. The number of sulfonamides is 1. The highest BCUT2D eigenvalue weighted by atomic mass is 32.2. The zero-order valence-corrected chi connectivity index (χ0v) is 14.3. The first-order chi connectivity index (χ1) is 10.5. The largest absolute Gasteiger partial charge is 0.333 e. The smallest absolute Gasteiger partial charge is 0.271 e. The Kier molecular flexibility index (Phi) is 4.02. The maximum atomic E-state index is 12.5. The quantitative estimate of drug-likeness (QED) is 0.757. The highest BCUT2D eigenvalue weighted by Crippen LogP contribution is 2.34. The molecule has 3 aromatic heterocycles. The molecule has 3 aromatic rings. The van der Waals surface area contributed by atoms with Crippen LogP contribution in [-0.4, -0.2) is 18.6 Å². The van der Waals surface area contributed by atoms with Gasteiger partial charge in [-0.1, -0.05) is 12.1 Å². The van der Waals surface area contributed by atoms with E-state index in [9.17, 15) is 8.42 Å². The number of hydrogen-bond donors (Lipinski definition) is 1. The molecule has 0 unspecified atom stereocenters. The molecule has 3 rings (SSSR count). The van der Waals surface area contributed by atoms with Crippen LogP contribution in [0.25, 0.3) is 10.8 Å². The van der Waals surface area contributed by atoms with Crippen molar-refractivity contribution in [2.75, 3.05) is 4.72 Å². The fourth-order valence-corrected chi connectivity index (χ4v) is 5.03. The Morgan fingerprint density at radius 2 is 2.14 bits per heavy atom. The molecule has 0 saturated heterocycles. The molecular weight excluding hydrogens is 342 g/mol. The average Bonchev–Trinajstić information content (AvgIpc) is 3.17. The van der Waals surface area contributed by atoms with E-state index in [-0.39, 0.29) is 0 Å². The molecule has 0 bridgehead atoms. The standard InChI is InChI=1S/C13H13N3O3S3/c1-3-9-4-5-11(21-9)22(17,18)16-10-6-7-20-12(10)13-14-8(2)15-19-13/h4-7,16H,3H2,1-2H3. The van der Waals surface area contributed by atoms with Crippen LogP contribution in [0.5, 0.6) is 0 Å². The summed E-state index contributed by atoms with van der Waals surface area (Å²) in [7, 11) is -3.61. The van der Waals surface area contributed by atoms with Gasteiger partial charge in [0.15, 0.2) is 5.82 Å². The van der Waals surface area contributed by atoms with Gasteiger partial charge in [-0.05, 0) is 36.9 Å². The van der Waals surface area contributed by atoms with Crippen LogP contribution in [0.3, 0.4) is 0 Å². The van der Waals surface area contributed by atoms with Crippen molar-refractivity contribution in [1.29, 1.82) is 0 Å². The van der Waals surface area contributed by atoms with Gasteiger partial charge in [0.1, 0.15) is 9.09 Å². The third-order valence-electron chi connectivity index (χ3n) is 2.88. The zero-order valence-electron chi connectivity index (χ0n) is 11.9. The Bertz CT molecular complexity index is 892. The summed E-state index contributed by atoms with van der Waals surface area (Å²) in [6, 6.07) is 5.13. The fraction of sp³-hybridized carbons (Fsp3) is 0.231. The second kappa shape index (κ2) is 5.82. The molecule has 9 heteroatoms. The molecule has 0 atom stereocenters. The number of aryl methyl sites for hydroxylation is 2. The Morgan fingerprint density at radius 3 is 2.77 bits per heavy atom. The first kappa shape index (κ1) is 15.2. The van der Waals surface area contributed by atoms with Crippen molar-refractivity contribution in [3.8, 4) is 10.8 Å². The van der Waals surface area contributed by atoms with Crippen molar-refractivity contribution in [2.45, 2.75) is 24.5 Å². The van der Waals surface area contributed by atoms with Crippen LogP contribution in [-0.2, 0) is 16.4 Å². The molecule has 0 aliphatic carbocycles. The number of nitrogens with zero attached hydrogens (tertiary/aromatic N) is 2. The van der Waals surface area contributed by atoms with Crippen LogP contribution in [0.1, 0.15) is 17.6 Å². The van der Waals surface area contributed by atoms with Crippen LogP contribution in [0, 0.1) is 6.92 Å². The summed E-state index contributed by atoms with van der Waals surface area (Å²) in [6.45, 7) is 3.70. The lowest BCUT2D eigenvalue weighted by Gasteiger charge is -2.05. The molecule has 116 valence electrons. The Morgan fingerprint density at radius 1 is 1.32 bits per heavy atom. The molecule has 0 aromatic carbocycles. The second-order valence-electron chi connectivity index (χ2n) is 4.49. The van der Waals surface area contributed by atoms with Gasteiger partial charge in [0.25, 0.3) is 15.9 Å². The zero-order chi connectivity index (χ0) is 15.7. The molecule has 0 spiro atoms. The van der Waals surface area contributed by atoms with Gasteiger partial charge in [0, 0.05) is 4.88 Å². The molecule has 3 heterocycles. The minimum absolute atomic E-state index is 0.295. The van der Waals surface area contributed by atoms with E-state index in [4.69, 9.17) is 4.52 Å². The third kappa shape index (κ3) is 2.92. The van der Waals surface area contributed by atoms with Crippen molar-refractivity contribution in [3.63, 3.8) is 0 Å². The van der Waals surface area contributed by atoms with Gasteiger partial charge in [-0.15, -0.1) is 22.7 Å². The number of thiophene rings is 2. The Balaban J connectivity index is 1.92. The lowest BCUT2D eigenvalue weighted by Crippen LogP contribution is -2.11. The molecule has 0 aliphatic rings. The Labute approximate surface area is 135 Å². The van der Waals surface area contributed by atoms with Crippen LogP contribution in [0.4, 0.5) is 5.69 Å². The van der Waals surface area contributed by atoms with E-state index in [1.54, 1.807) is 24.4 Å². The molecule has 0 radical (unpaired) electrons. The molecule has 0 amide bonds. The van der Waals surface area contributed by atoms with Gasteiger partial charge in [0.2, 0.25) is 0 Å². The van der Waals surface area contributed by atoms with E-state index in [2.05, 4.69) is 14.9 Å².